The van der Waals surface area contributed by atoms with Gasteiger partial charge in [-0.1, -0.05) is 30.3 Å². The third kappa shape index (κ3) is 3.37. The molecule has 1 unspecified atom stereocenters. The van der Waals surface area contributed by atoms with Crippen molar-refractivity contribution in [2.45, 2.75) is 25.6 Å². The van der Waals surface area contributed by atoms with Gasteiger partial charge in [0.1, 0.15) is 0 Å². The average Bonchev–Trinajstić information content (AvgIpc) is 2.18. The van der Waals surface area contributed by atoms with E-state index < -0.39 is 9.04 Å². The van der Waals surface area contributed by atoms with Gasteiger partial charge in [-0.3, -0.25) is 0 Å². The number of rotatable bonds is 4. The van der Waals surface area contributed by atoms with E-state index in [0.29, 0.717) is 6.42 Å². The van der Waals surface area contributed by atoms with Crippen molar-refractivity contribution in [2.75, 3.05) is 0 Å². The van der Waals surface area contributed by atoms with E-state index in [1.807, 2.05) is 18.2 Å². The summed E-state index contributed by atoms with van der Waals surface area (Å²) in [5.41, 5.74) is 1.18. The predicted molar refractivity (Wildman–Crippen MR) is 61.2 cm³/mol. The van der Waals surface area contributed by atoms with Gasteiger partial charge in [0.05, 0.1) is 6.10 Å². The standard InChI is InChI=1S/C12H15OSi/c1-4-8-12(13-14(2)3)11-9-6-5-7-10-11/h1,5-7,9-10,12H,8H2,2-3H3. The molecule has 0 heterocycles. The van der Waals surface area contributed by atoms with E-state index in [-0.39, 0.29) is 6.10 Å². The molecule has 2 heteroatoms. The molecule has 1 radical (unpaired) electrons. The van der Waals surface area contributed by atoms with Crippen LogP contribution in [0.1, 0.15) is 18.1 Å². The third-order valence-electron chi connectivity index (χ3n) is 1.85. The Morgan fingerprint density at radius 3 is 2.50 bits per heavy atom. The molecule has 0 aromatic heterocycles. The minimum atomic E-state index is -0.698. The molecule has 73 valence electrons. The highest BCUT2D eigenvalue weighted by Crippen LogP contribution is 2.21. The first kappa shape index (κ1) is 11.0. The third-order valence-corrected chi connectivity index (χ3v) is 2.61. The van der Waals surface area contributed by atoms with Gasteiger partial charge in [-0.15, -0.1) is 12.3 Å². The molecule has 0 fully saturated rings. The summed E-state index contributed by atoms with van der Waals surface area (Å²) in [6, 6.07) is 10.2. The highest BCUT2D eigenvalue weighted by Gasteiger charge is 2.12. The Labute approximate surface area is 87.8 Å². The van der Waals surface area contributed by atoms with E-state index in [0.717, 1.165) is 0 Å². The number of hydrogen-bond acceptors (Lipinski definition) is 1. The van der Waals surface area contributed by atoms with Crippen molar-refractivity contribution in [3.05, 3.63) is 35.9 Å². The molecule has 1 atom stereocenters. The van der Waals surface area contributed by atoms with E-state index in [1.165, 1.54) is 5.56 Å². The quantitative estimate of drug-likeness (QED) is 0.540. The van der Waals surface area contributed by atoms with Crippen molar-refractivity contribution in [3.8, 4) is 12.3 Å². The van der Waals surface area contributed by atoms with Crippen molar-refractivity contribution in [2.24, 2.45) is 0 Å². The summed E-state index contributed by atoms with van der Waals surface area (Å²) in [5, 5.41) is 0. The molecular weight excluding hydrogens is 188 g/mol. The molecule has 0 bridgehead atoms. The van der Waals surface area contributed by atoms with Crippen LogP contribution < -0.4 is 0 Å². The summed E-state index contributed by atoms with van der Waals surface area (Å²) in [4.78, 5) is 0. The lowest BCUT2D eigenvalue weighted by molar-refractivity contribution is 0.215. The van der Waals surface area contributed by atoms with E-state index in [4.69, 9.17) is 10.8 Å². The fourth-order valence-corrected chi connectivity index (χ4v) is 2.08. The smallest absolute Gasteiger partial charge is 0.205 e. The van der Waals surface area contributed by atoms with Gasteiger partial charge in [0.2, 0.25) is 9.04 Å². The van der Waals surface area contributed by atoms with Crippen LogP contribution in [0, 0.1) is 12.3 Å². The van der Waals surface area contributed by atoms with E-state index >= 15 is 0 Å². The van der Waals surface area contributed by atoms with E-state index in [2.05, 4.69) is 31.1 Å². The molecule has 0 saturated carbocycles. The van der Waals surface area contributed by atoms with Crippen LogP contribution in [0.15, 0.2) is 30.3 Å². The Morgan fingerprint density at radius 1 is 1.36 bits per heavy atom. The van der Waals surface area contributed by atoms with Crippen LogP contribution in [-0.2, 0) is 4.43 Å². The zero-order valence-corrected chi connectivity index (χ0v) is 9.66. The normalized spacial score (nSPS) is 12.4. The van der Waals surface area contributed by atoms with Gasteiger partial charge in [-0.05, 0) is 18.7 Å². The molecule has 1 aromatic carbocycles. The Bertz CT molecular complexity index is 300. The lowest BCUT2D eigenvalue weighted by Crippen LogP contribution is -2.13. The van der Waals surface area contributed by atoms with E-state index in [1.54, 1.807) is 0 Å². The fourth-order valence-electron chi connectivity index (χ4n) is 1.29. The number of benzene rings is 1. The molecule has 0 amide bonds. The molecule has 0 saturated heterocycles. The molecule has 0 spiro atoms. The van der Waals surface area contributed by atoms with Crippen molar-refractivity contribution >= 4 is 9.04 Å². The second-order valence-corrected chi connectivity index (χ2v) is 5.39. The fraction of sp³-hybridized carbons (Fsp3) is 0.333. The topological polar surface area (TPSA) is 9.23 Å². The minimum Gasteiger partial charge on any atom is -0.409 e. The van der Waals surface area contributed by atoms with Crippen LogP contribution in [0.5, 0.6) is 0 Å². The van der Waals surface area contributed by atoms with Gasteiger partial charge >= 0.3 is 0 Å². The summed E-state index contributed by atoms with van der Waals surface area (Å²) in [6.07, 6.45) is 6.05. The second-order valence-electron chi connectivity index (χ2n) is 3.33. The molecule has 1 nitrogen and oxygen atoms in total. The number of hydrogen-bond donors (Lipinski definition) is 0. The Kier molecular flexibility index (Phi) is 4.44. The van der Waals surface area contributed by atoms with Crippen molar-refractivity contribution in [1.29, 1.82) is 0 Å². The largest absolute Gasteiger partial charge is 0.409 e. The zero-order chi connectivity index (χ0) is 10.4. The predicted octanol–water partition coefficient (Wildman–Crippen LogP) is 3.02. The Hall–Kier alpha value is -1.04. The van der Waals surface area contributed by atoms with Crippen LogP contribution in [0.2, 0.25) is 13.1 Å². The van der Waals surface area contributed by atoms with Crippen LogP contribution in [-0.4, -0.2) is 9.04 Å². The lowest BCUT2D eigenvalue weighted by Gasteiger charge is -2.18. The van der Waals surface area contributed by atoms with Crippen molar-refractivity contribution in [3.63, 3.8) is 0 Å². The van der Waals surface area contributed by atoms with Crippen molar-refractivity contribution < 1.29 is 4.43 Å². The molecule has 0 aliphatic heterocycles. The monoisotopic (exact) mass is 203 g/mol. The maximum atomic E-state index is 5.84. The van der Waals surface area contributed by atoms with Crippen LogP contribution >= 0.6 is 0 Å². The summed E-state index contributed by atoms with van der Waals surface area (Å²) in [7, 11) is -0.698. The maximum absolute atomic E-state index is 5.84. The molecule has 1 aromatic rings. The summed E-state index contributed by atoms with van der Waals surface area (Å²) >= 11 is 0. The lowest BCUT2D eigenvalue weighted by atomic mass is 10.1. The molecule has 1 rings (SSSR count). The van der Waals surface area contributed by atoms with Gasteiger partial charge in [0.15, 0.2) is 0 Å². The first-order valence-electron chi connectivity index (χ1n) is 4.69. The number of terminal acetylenes is 1. The second kappa shape index (κ2) is 5.64. The summed E-state index contributed by atoms with van der Waals surface area (Å²) < 4.78 is 5.84. The van der Waals surface area contributed by atoms with Gasteiger partial charge in [-0.25, -0.2) is 0 Å². The summed E-state index contributed by atoms with van der Waals surface area (Å²) in [6.45, 7) is 4.24. The first-order chi connectivity index (χ1) is 6.74. The molecule has 0 aliphatic rings. The molecule has 0 aliphatic carbocycles. The Morgan fingerprint density at radius 2 is 2.00 bits per heavy atom. The highest BCUT2D eigenvalue weighted by molar-refractivity contribution is 6.48. The minimum absolute atomic E-state index is 0.0742. The Balaban J connectivity index is 2.73. The molecular formula is C12H15OSi. The average molecular weight is 203 g/mol. The van der Waals surface area contributed by atoms with Gasteiger partial charge < -0.3 is 4.43 Å². The van der Waals surface area contributed by atoms with Gasteiger partial charge in [-0.2, -0.15) is 0 Å². The first-order valence-corrected chi connectivity index (χ1v) is 7.10. The van der Waals surface area contributed by atoms with Gasteiger partial charge in [0, 0.05) is 6.42 Å². The SMILES string of the molecule is C#CCC(O[Si](C)C)c1ccccc1. The van der Waals surface area contributed by atoms with Crippen molar-refractivity contribution in [1.82, 2.24) is 0 Å². The molecule has 14 heavy (non-hydrogen) atoms. The van der Waals surface area contributed by atoms with E-state index in [9.17, 15) is 0 Å². The van der Waals surface area contributed by atoms with Crippen LogP contribution in [0.4, 0.5) is 0 Å². The zero-order valence-electron chi connectivity index (χ0n) is 8.66. The highest BCUT2D eigenvalue weighted by atomic mass is 28.3. The molecule has 0 N–H and O–H groups in total. The summed E-state index contributed by atoms with van der Waals surface area (Å²) in [5.74, 6) is 2.66. The maximum Gasteiger partial charge on any atom is 0.205 e. The van der Waals surface area contributed by atoms with Crippen LogP contribution in [0.3, 0.4) is 0 Å². The van der Waals surface area contributed by atoms with Gasteiger partial charge in [0.25, 0.3) is 0 Å². The van der Waals surface area contributed by atoms with Crippen LogP contribution in [0.25, 0.3) is 0 Å².